The van der Waals surface area contributed by atoms with Crippen LogP contribution < -0.4 is 5.32 Å². The average molecular weight is 371 g/mol. The number of benzene rings is 2. The van der Waals surface area contributed by atoms with E-state index < -0.39 is 0 Å². The van der Waals surface area contributed by atoms with Crippen LogP contribution in [0.5, 0.6) is 0 Å². The highest BCUT2D eigenvalue weighted by Gasteiger charge is 2.00. The molecule has 0 unspecified atom stereocenters. The number of hydrogen-bond acceptors (Lipinski definition) is 1. The first-order valence-corrected chi connectivity index (χ1v) is 7.29. The second kappa shape index (κ2) is 6.93. The SMILES string of the molecule is O=C(/C=C/c1ccc(Cl)cc1Cl)Nc1ccc(Br)cc1. The van der Waals surface area contributed by atoms with Crippen LogP contribution in [0.25, 0.3) is 6.08 Å². The van der Waals surface area contributed by atoms with Gasteiger partial charge in [0.1, 0.15) is 0 Å². The van der Waals surface area contributed by atoms with Crippen molar-refractivity contribution in [1.29, 1.82) is 0 Å². The molecule has 0 bridgehead atoms. The fraction of sp³-hybridized carbons (Fsp3) is 0. The zero-order valence-corrected chi connectivity index (χ0v) is 13.3. The van der Waals surface area contributed by atoms with Gasteiger partial charge in [-0.2, -0.15) is 0 Å². The molecule has 0 saturated heterocycles. The Morgan fingerprint density at radius 2 is 1.80 bits per heavy atom. The van der Waals surface area contributed by atoms with E-state index in [1.807, 2.05) is 24.3 Å². The highest BCUT2D eigenvalue weighted by atomic mass is 79.9. The van der Waals surface area contributed by atoms with Crippen molar-refractivity contribution in [1.82, 2.24) is 0 Å². The minimum Gasteiger partial charge on any atom is -0.323 e. The predicted molar refractivity (Wildman–Crippen MR) is 88.3 cm³/mol. The number of rotatable bonds is 3. The Morgan fingerprint density at radius 1 is 1.10 bits per heavy atom. The molecule has 0 spiro atoms. The van der Waals surface area contributed by atoms with E-state index in [4.69, 9.17) is 23.2 Å². The van der Waals surface area contributed by atoms with Crippen molar-refractivity contribution in [3.63, 3.8) is 0 Å². The van der Waals surface area contributed by atoms with Crippen molar-refractivity contribution < 1.29 is 4.79 Å². The molecular weight excluding hydrogens is 361 g/mol. The van der Waals surface area contributed by atoms with Crippen molar-refractivity contribution in [3.8, 4) is 0 Å². The van der Waals surface area contributed by atoms with Crippen LogP contribution in [0, 0.1) is 0 Å². The molecule has 0 saturated carbocycles. The van der Waals surface area contributed by atoms with Gasteiger partial charge in [0.2, 0.25) is 5.91 Å². The van der Waals surface area contributed by atoms with Gasteiger partial charge in [-0.3, -0.25) is 4.79 Å². The fourth-order valence-electron chi connectivity index (χ4n) is 1.52. The van der Waals surface area contributed by atoms with Gasteiger partial charge in [0.05, 0.1) is 0 Å². The number of halogens is 3. The summed E-state index contributed by atoms with van der Waals surface area (Å²) in [5.41, 5.74) is 1.46. The lowest BCUT2D eigenvalue weighted by Gasteiger charge is -2.02. The third-order valence-corrected chi connectivity index (χ3v) is 3.58. The summed E-state index contributed by atoms with van der Waals surface area (Å²) >= 11 is 15.2. The molecule has 0 aliphatic rings. The zero-order chi connectivity index (χ0) is 14.5. The van der Waals surface area contributed by atoms with Gasteiger partial charge in [-0.15, -0.1) is 0 Å². The first kappa shape index (κ1) is 15.1. The molecule has 2 rings (SSSR count). The van der Waals surface area contributed by atoms with E-state index in [-0.39, 0.29) is 5.91 Å². The fourth-order valence-corrected chi connectivity index (χ4v) is 2.26. The molecule has 0 aromatic heterocycles. The monoisotopic (exact) mass is 369 g/mol. The predicted octanol–water partition coefficient (Wildman–Crippen LogP) is 5.41. The molecule has 0 aliphatic carbocycles. The Labute approximate surface area is 135 Å². The van der Waals surface area contributed by atoms with Gasteiger partial charge in [-0.1, -0.05) is 45.2 Å². The second-order valence-electron chi connectivity index (χ2n) is 4.00. The molecule has 0 radical (unpaired) electrons. The first-order chi connectivity index (χ1) is 9.54. The maximum Gasteiger partial charge on any atom is 0.248 e. The van der Waals surface area contributed by atoms with Crippen molar-refractivity contribution in [2.45, 2.75) is 0 Å². The van der Waals surface area contributed by atoms with Crippen LogP contribution in [0.15, 0.2) is 53.0 Å². The summed E-state index contributed by atoms with van der Waals surface area (Å²) in [7, 11) is 0. The number of anilines is 1. The molecule has 0 aliphatic heterocycles. The lowest BCUT2D eigenvalue weighted by atomic mass is 10.2. The Bertz CT molecular complexity index is 653. The Balaban J connectivity index is 2.03. The Morgan fingerprint density at radius 3 is 2.45 bits per heavy atom. The summed E-state index contributed by atoms with van der Waals surface area (Å²) in [4.78, 5) is 11.8. The van der Waals surface area contributed by atoms with Gasteiger partial charge in [-0.25, -0.2) is 0 Å². The number of nitrogens with one attached hydrogen (secondary N) is 1. The number of carbonyl (C=O) groups is 1. The molecule has 0 atom stereocenters. The molecule has 0 heterocycles. The molecule has 102 valence electrons. The van der Waals surface area contributed by atoms with E-state index in [9.17, 15) is 4.79 Å². The molecule has 2 aromatic rings. The van der Waals surface area contributed by atoms with Crippen LogP contribution in [0.4, 0.5) is 5.69 Å². The number of amides is 1. The van der Waals surface area contributed by atoms with Crippen LogP contribution >= 0.6 is 39.1 Å². The maximum absolute atomic E-state index is 11.8. The molecule has 0 fully saturated rings. The van der Waals surface area contributed by atoms with E-state index in [0.717, 1.165) is 15.7 Å². The number of carbonyl (C=O) groups excluding carboxylic acids is 1. The topological polar surface area (TPSA) is 29.1 Å². The van der Waals surface area contributed by atoms with Gasteiger partial charge >= 0.3 is 0 Å². The Hall–Kier alpha value is -1.29. The summed E-state index contributed by atoms with van der Waals surface area (Å²) in [6.07, 6.45) is 3.07. The van der Waals surface area contributed by atoms with Crippen LogP contribution in [0.3, 0.4) is 0 Å². The minimum absolute atomic E-state index is 0.224. The van der Waals surface area contributed by atoms with Crippen molar-refractivity contribution in [2.75, 3.05) is 5.32 Å². The smallest absolute Gasteiger partial charge is 0.248 e. The molecule has 2 nitrogen and oxygen atoms in total. The van der Waals surface area contributed by atoms with E-state index in [0.29, 0.717) is 10.0 Å². The molecule has 5 heteroatoms. The summed E-state index contributed by atoms with van der Waals surface area (Å²) in [6, 6.07) is 12.4. The lowest BCUT2D eigenvalue weighted by Crippen LogP contribution is -2.07. The molecule has 2 aromatic carbocycles. The molecule has 1 N–H and O–H groups in total. The van der Waals surface area contributed by atoms with Crippen molar-refractivity contribution in [3.05, 3.63) is 68.6 Å². The van der Waals surface area contributed by atoms with Crippen LogP contribution in [-0.4, -0.2) is 5.91 Å². The molecular formula is C15H10BrCl2NO. The minimum atomic E-state index is -0.224. The van der Waals surface area contributed by atoms with Gasteiger partial charge in [0, 0.05) is 26.3 Å². The number of hydrogen-bond donors (Lipinski definition) is 1. The third kappa shape index (κ3) is 4.37. The van der Waals surface area contributed by atoms with Gasteiger partial charge in [-0.05, 0) is 48.0 Å². The second-order valence-corrected chi connectivity index (χ2v) is 5.75. The van der Waals surface area contributed by atoms with Crippen LogP contribution in [0.1, 0.15) is 5.56 Å². The highest BCUT2D eigenvalue weighted by Crippen LogP contribution is 2.22. The molecule has 1 amide bonds. The quantitative estimate of drug-likeness (QED) is 0.719. The largest absolute Gasteiger partial charge is 0.323 e. The Kier molecular flexibility index (Phi) is 5.24. The summed E-state index contributed by atoms with van der Waals surface area (Å²) < 4.78 is 0.957. The summed E-state index contributed by atoms with van der Waals surface area (Å²) in [5, 5.41) is 3.82. The summed E-state index contributed by atoms with van der Waals surface area (Å²) in [6.45, 7) is 0. The average Bonchev–Trinajstić information content (AvgIpc) is 2.40. The van der Waals surface area contributed by atoms with E-state index in [1.54, 1.807) is 24.3 Å². The van der Waals surface area contributed by atoms with Crippen molar-refractivity contribution >= 4 is 56.8 Å². The molecule has 20 heavy (non-hydrogen) atoms. The first-order valence-electron chi connectivity index (χ1n) is 5.74. The van der Waals surface area contributed by atoms with E-state index >= 15 is 0 Å². The van der Waals surface area contributed by atoms with Crippen LogP contribution in [-0.2, 0) is 4.79 Å². The van der Waals surface area contributed by atoms with Gasteiger partial charge < -0.3 is 5.32 Å². The van der Waals surface area contributed by atoms with Gasteiger partial charge in [0.15, 0.2) is 0 Å². The lowest BCUT2D eigenvalue weighted by molar-refractivity contribution is -0.111. The third-order valence-electron chi connectivity index (χ3n) is 2.49. The summed E-state index contributed by atoms with van der Waals surface area (Å²) in [5.74, 6) is -0.224. The van der Waals surface area contributed by atoms with Crippen molar-refractivity contribution in [2.24, 2.45) is 0 Å². The van der Waals surface area contributed by atoms with Gasteiger partial charge in [0.25, 0.3) is 0 Å². The highest BCUT2D eigenvalue weighted by molar-refractivity contribution is 9.10. The standard InChI is InChI=1S/C15H10BrCl2NO/c16-11-3-6-13(7-4-11)19-15(20)8-2-10-1-5-12(17)9-14(10)18/h1-9H,(H,19,20)/b8-2+. The maximum atomic E-state index is 11.8. The zero-order valence-electron chi connectivity index (χ0n) is 10.2. The normalized spacial score (nSPS) is 10.8. The van der Waals surface area contributed by atoms with E-state index in [2.05, 4.69) is 21.2 Å². The van der Waals surface area contributed by atoms with E-state index in [1.165, 1.54) is 6.08 Å². The van der Waals surface area contributed by atoms with Crippen LogP contribution in [0.2, 0.25) is 10.0 Å².